The maximum absolute atomic E-state index is 13.6. The van der Waals surface area contributed by atoms with Gasteiger partial charge in [0.15, 0.2) is 0 Å². The molecule has 2 N–H and O–H groups in total. The van der Waals surface area contributed by atoms with E-state index < -0.39 is 5.82 Å². The summed E-state index contributed by atoms with van der Waals surface area (Å²) in [7, 11) is 0. The molecular weight excluding hydrogens is 300 g/mol. The van der Waals surface area contributed by atoms with Crippen LogP contribution in [0.4, 0.5) is 4.39 Å². The van der Waals surface area contributed by atoms with Gasteiger partial charge in [-0.2, -0.15) is 0 Å². The predicted molar refractivity (Wildman–Crippen MR) is 79.8 cm³/mol. The molecule has 0 heterocycles. The summed E-state index contributed by atoms with van der Waals surface area (Å²) in [4.78, 5) is 0. The highest BCUT2D eigenvalue weighted by Gasteiger charge is 2.08. The molecule has 0 spiro atoms. The van der Waals surface area contributed by atoms with Crippen molar-refractivity contribution in [1.29, 1.82) is 0 Å². The Morgan fingerprint density at radius 3 is 2.55 bits per heavy atom. The summed E-state index contributed by atoms with van der Waals surface area (Å²) in [5.74, 6) is 0.0891. The van der Waals surface area contributed by atoms with Crippen molar-refractivity contribution in [3.05, 3.63) is 63.4 Å². The van der Waals surface area contributed by atoms with Crippen LogP contribution in [0.25, 0.3) is 0 Å². The van der Waals surface area contributed by atoms with Crippen molar-refractivity contribution < 1.29 is 9.13 Å². The number of ether oxygens (including phenoxy) is 1. The van der Waals surface area contributed by atoms with Crippen LogP contribution >= 0.6 is 23.2 Å². The van der Waals surface area contributed by atoms with Gasteiger partial charge in [-0.05, 0) is 36.8 Å². The molecule has 0 aliphatic rings. The van der Waals surface area contributed by atoms with Crippen molar-refractivity contribution in [2.24, 2.45) is 5.73 Å². The Bertz CT molecular complexity index is 617. The van der Waals surface area contributed by atoms with Gasteiger partial charge in [-0.3, -0.25) is 0 Å². The third-order valence-electron chi connectivity index (χ3n) is 2.88. The normalized spacial score (nSPS) is 12.2. The van der Waals surface area contributed by atoms with E-state index in [1.807, 2.05) is 13.0 Å². The third kappa shape index (κ3) is 3.63. The molecule has 20 heavy (non-hydrogen) atoms. The first kappa shape index (κ1) is 15.1. The maximum atomic E-state index is 13.6. The molecule has 2 aromatic carbocycles. The lowest BCUT2D eigenvalue weighted by Gasteiger charge is -2.11. The zero-order valence-corrected chi connectivity index (χ0v) is 12.4. The SMILES string of the molecule is C[C@H](N)c1ccc(OCc2ccc(Cl)cc2F)c(Cl)c1. The molecule has 0 aliphatic carbocycles. The Morgan fingerprint density at radius 1 is 1.20 bits per heavy atom. The molecule has 5 heteroatoms. The summed E-state index contributed by atoms with van der Waals surface area (Å²) in [5.41, 5.74) is 7.11. The fourth-order valence-corrected chi connectivity index (χ4v) is 2.11. The minimum Gasteiger partial charge on any atom is -0.487 e. The van der Waals surface area contributed by atoms with Crippen LogP contribution in [-0.4, -0.2) is 0 Å². The number of hydrogen-bond acceptors (Lipinski definition) is 2. The Kier molecular flexibility index (Phi) is 4.86. The van der Waals surface area contributed by atoms with Crippen molar-refractivity contribution >= 4 is 23.2 Å². The second-order valence-corrected chi connectivity index (χ2v) is 5.35. The summed E-state index contributed by atoms with van der Waals surface area (Å²) in [6.45, 7) is 1.95. The van der Waals surface area contributed by atoms with E-state index >= 15 is 0 Å². The first-order valence-electron chi connectivity index (χ1n) is 6.09. The fourth-order valence-electron chi connectivity index (χ4n) is 1.71. The Morgan fingerprint density at radius 2 is 1.95 bits per heavy atom. The first-order chi connectivity index (χ1) is 9.47. The number of hydrogen-bond donors (Lipinski definition) is 1. The van der Waals surface area contributed by atoms with E-state index in [0.717, 1.165) is 5.56 Å². The molecule has 0 unspecified atom stereocenters. The summed E-state index contributed by atoms with van der Waals surface area (Å²) in [6, 6.07) is 9.67. The van der Waals surface area contributed by atoms with E-state index in [0.29, 0.717) is 21.4 Å². The van der Waals surface area contributed by atoms with Crippen LogP contribution in [-0.2, 0) is 6.61 Å². The van der Waals surface area contributed by atoms with E-state index in [9.17, 15) is 4.39 Å². The molecule has 0 aliphatic heterocycles. The molecule has 0 saturated heterocycles. The van der Waals surface area contributed by atoms with E-state index in [-0.39, 0.29) is 12.6 Å². The number of rotatable bonds is 4. The zero-order chi connectivity index (χ0) is 14.7. The first-order valence-corrected chi connectivity index (χ1v) is 6.84. The van der Waals surface area contributed by atoms with Crippen LogP contribution in [0.5, 0.6) is 5.75 Å². The fraction of sp³-hybridized carbons (Fsp3) is 0.200. The largest absolute Gasteiger partial charge is 0.487 e. The summed E-state index contributed by atoms with van der Waals surface area (Å²) < 4.78 is 19.1. The van der Waals surface area contributed by atoms with Crippen LogP contribution in [0.3, 0.4) is 0 Å². The molecule has 2 rings (SSSR count). The van der Waals surface area contributed by atoms with Gasteiger partial charge < -0.3 is 10.5 Å². The van der Waals surface area contributed by atoms with Crippen LogP contribution in [0.15, 0.2) is 36.4 Å². The summed E-state index contributed by atoms with van der Waals surface area (Å²) >= 11 is 11.8. The molecule has 0 saturated carbocycles. The van der Waals surface area contributed by atoms with Crippen molar-refractivity contribution in [1.82, 2.24) is 0 Å². The summed E-state index contributed by atoms with van der Waals surface area (Å²) in [6.07, 6.45) is 0. The molecule has 106 valence electrons. The van der Waals surface area contributed by atoms with Gasteiger partial charge in [-0.15, -0.1) is 0 Å². The topological polar surface area (TPSA) is 35.2 Å². The van der Waals surface area contributed by atoms with Gasteiger partial charge in [0.25, 0.3) is 0 Å². The monoisotopic (exact) mass is 313 g/mol. The minimum absolute atomic E-state index is 0.0836. The Hall–Kier alpha value is -1.29. The average Bonchev–Trinajstić information content (AvgIpc) is 2.38. The van der Waals surface area contributed by atoms with Gasteiger partial charge >= 0.3 is 0 Å². The molecule has 0 bridgehead atoms. The quantitative estimate of drug-likeness (QED) is 0.885. The zero-order valence-electron chi connectivity index (χ0n) is 10.9. The van der Waals surface area contributed by atoms with E-state index in [1.165, 1.54) is 6.07 Å². The molecule has 1 atom stereocenters. The molecular formula is C15H14Cl2FNO. The minimum atomic E-state index is -0.402. The lowest BCUT2D eigenvalue weighted by atomic mass is 10.1. The van der Waals surface area contributed by atoms with Gasteiger partial charge in [0.1, 0.15) is 18.2 Å². The van der Waals surface area contributed by atoms with Crippen molar-refractivity contribution in [3.8, 4) is 5.75 Å². The third-order valence-corrected chi connectivity index (χ3v) is 3.41. The van der Waals surface area contributed by atoms with Gasteiger partial charge in [0.05, 0.1) is 5.02 Å². The smallest absolute Gasteiger partial charge is 0.138 e. The van der Waals surface area contributed by atoms with E-state index in [4.69, 9.17) is 33.7 Å². The highest BCUT2D eigenvalue weighted by molar-refractivity contribution is 6.32. The van der Waals surface area contributed by atoms with Gasteiger partial charge in [-0.25, -0.2) is 4.39 Å². The van der Waals surface area contributed by atoms with Crippen molar-refractivity contribution in [2.75, 3.05) is 0 Å². The second-order valence-electron chi connectivity index (χ2n) is 4.50. The lowest BCUT2D eigenvalue weighted by Crippen LogP contribution is -2.05. The lowest BCUT2D eigenvalue weighted by molar-refractivity contribution is 0.300. The molecule has 2 nitrogen and oxygen atoms in total. The Labute approximate surface area is 127 Å². The molecule has 0 radical (unpaired) electrons. The maximum Gasteiger partial charge on any atom is 0.138 e. The number of nitrogens with two attached hydrogens (primary N) is 1. The Balaban J connectivity index is 2.11. The summed E-state index contributed by atoms with van der Waals surface area (Å²) in [5, 5.41) is 0.805. The van der Waals surface area contributed by atoms with Crippen LogP contribution in [0, 0.1) is 5.82 Å². The predicted octanol–water partition coefficient (Wildman–Crippen LogP) is 4.73. The molecule has 0 fully saturated rings. The van der Waals surface area contributed by atoms with Crippen LogP contribution in [0.2, 0.25) is 10.0 Å². The van der Waals surface area contributed by atoms with Gasteiger partial charge in [-0.1, -0.05) is 35.3 Å². The average molecular weight is 314 g/mol. The number of halogens is 3. The van der Waals surface area contributed by atoms with Gasteiger partial charge in [0, 0.05) is 16.6 Å². The highest BCUT2D eigenvalue weighted by Crippen LogP contribution is 2.28. The number of benzene rings is 2. The highest BCUT2D eigenvalue weighted by atomic mass is 35.5. The standard InChI is InChI=1S/C15H14Cl2FNO/c1-9(19)10-3-5-15(13(17)6-10)20-8-11-2-4-12(16)7-14(11)18/h2-7,9H,8,19H2,1H3/t9-/m0/s1. The van der Waals surface area contributed by atoms with Crippen molar-refractivity contribution in [2.45, 2.75) is 19.6 Å². The second kappa shape index (κ2) is 6.44. The van der Waals surface area contributed by atoms with Gasteiger partial charge in [0.2, 0.25) is 0 Å². The molecule has 0 amide bonds. The molecule has 2 aromatic rings. The van der Waals surface area contributed by atoms with Crippen molar-refractivity contribution in [3.63, 3.8) is 0 Å². The van der Waals surface area contributed by atoms with E-state index in [1.54, 1.807) is 24.3 Å². The molecule has 0 aromatic heterocycles. The van der Waals surface area contributed by atoms with Crippen LogP contribution in [0.1, 0.15) is 24.1 Å². The van der Waals surface area contributed by atoms with Crippen LogP contribution < -0.4 is 10.5 Å². The van der Waals surface area contributed by atoms with E-state index in [2.05, 4.69) is 0 Å².